The summed E-state index contributed by atoms with van der Waals surface area (Å²) in [5, 5.41) is 6.76. The van der Waals surface area contributed by atoms with Gasteiger partial charge >= 0.3 is 6.18 Å². The highest BCUT2D eigenvalue weighted by molar-refractivity contribution is 6.48. The second-order valence-electron chi connectivity index (χ2n) is 4.92. The summed E-state index contributed by atoms with van der Waals surface area (Å²) in [7, 11) is 2.49. The predicted octanol–water partition coefficient (Wildman–Crippen LogP) is 3.74. The molecular weight excluding hydrogens is 380 g/mol. The van der Waals surface area contributed by atoms with E-state index in [1.807, 2.05) is 0 Å². The third kappa shape index (κ3) is 2.95. The van der Waals surface area contributed by atoms with Crippen molar-refractivity contribution < 1.29 is 17.9 Å². The van der Waals surface area contributed by atoms with Crippen molar-refractivity contribution in [2.24, 2.45) is 5.73 Å². The lowest BCUT2D eigenvalue weighted by Gasteiger charge is -2.29. The third-order valence-electron chi connectivity index (χ3n) is 3.34. The summed E-state index contributed by atoms with van der Waals surface area (Å²) in [5.74, 6) is -0.414. The molecule has 0 fully saturated rings. The monoisotopic (exact) mass is 390 g/mol. The van der Waals surface area contributed by atoms with E-state index < -0.39 is 12.3 Å². The molecule has 1 atom stereocenters. The molecule has 1 aliphatic rings. The Morgan fingerprint density at radius 2 is 1.61 bits per heavy atom. The second-order valence-corrected chi connectivity index (χ2v) is 6.05. The first-order valence-electron chi connectivity index (χ1n) is 6.17. The van der Waals surface area contributed by atoms with Crippen molar-refractivity contribution in [3.05, 3.63) is 15.1 Å². The van der Waals surface area contributed by atoms with Crippen LogP contribution in [0.1, 0.15) is 0 Å². The number of rotatable bonds is 3. The quantitative estimate of drug-likeness (QED) is 0.468. The van der Waals surface area contributed by atoms with E-state index in [4.69, 9.17) is 50.7 Å². The summed E-state index contributed by atoms with van der Waals surface area (Å²) in [6.45, 7) is -0.323. The molecule has 3 N–H and O–H groups in total. The lowest BCUT2D eigenvalue weighted by molar-refractivity contribution is -0.145. The van der Waals surface area contributed by atoms with Gasteiger partial charge in [-0.05, 0) is 0 Å². The predicted molar refractivity (Wildman–Crippen MR) is 85.5 cm³/mol. The Bertz CT molecular complexity index is 668. The molecule has 0 aromatic heterocycles. The molecule has 1 unspecified atom stereocenters. The normalized spacial score (nSPS) is 17.5. The standard InChI is InChI=1S/C12H12Cl3F3N4O/c1-21-8-5(13)6(14)10(23-3-4(19)20)7(15)9(8)22(2)11(21)12(16,17)18/h11H,3H2,1-2H3,(H3,19,20). The smallest absolute Gasteiger partial charge is 0.427 e. The zero-order valence-electron chi connectivity index (χ0n) is 11.9. The zero-order valence-corrected chi connectivity index (χ0v) is 14.2. The highest BCUT2D eigenvalue weighted by Crippen LogP contribution is 2.56. The number of hydrogen-bond acceptors (Lipinski definition) is 4. The van der Waals surface area contributed by atoms with Crippen LogP contribution in [0.3, 0.4) is 0 Å². The highest BCUT2D eigenvalue weighted by Gasteiger charge is 2.52. The minimum absolute atomic E-state index is 0.0458. The Morgan fingerprint density at radius 3 is 2.04 bits per heavy atom. The van der Waals surface area contributed by atoms with Crippen molar-refractivity contribution in [2.75, 3.05) is 30.5 Å². The number of halogens is 6. The van der Waals surface area contributed by atoms with Gasteiger partial charge in [-0.1, -0.05) is 34.8 Å². The highest BCUT2D eigenvalue weighted by atomic mass is 35.5. The van der Waals surface area contributed by atoms with Gasteiger partial charge in [0, 0.05) is 14.1 Å². The van der Waals surface area contributed by atoms with Crippen LogP contribution in [0, 0.1) is 5.41 Å². The van der Waals surface area contributed by atoms with E-state index in [1.54, 1.807) is 0 Å². The molecule has 1 aromatic rings. The molecule has 2 rings (SSSR count). The van der Waals surface area contributed by atoms with Crippen molar-refractivity contribution in [3.63, 3.8) is 0 Å². The number of nitrogens with one attached hydrogen (secondary N) is 1. The minimum atomic E-state index is -4.54. The van der Waals surface area contributed by atoms with Crippen molar-refractivity contribution in [1.29, 1.82) is 5.41 Å². The SMILES string of the molecule is CN1c2c(Cl)c(Cl)c(OCC(=N)N)c(Cl)c2N(C)C1C(F)(F)F. The van der Waals surface area contributed by atoms with Gasteiger partial charge in [-0.15, -0.1) is 0 Å². The van der Waals surface area contributed by atoms with Gasteiger partial charge in [0.1, 0.15) is 22.5 Å². The molecule has 0 amide bonds. The first-order valence-corrected chi connectivity index (χ1v) is 7.30. The molecule has 0 bridgehead atoms. The zero-order chi connectivity index (χ0) is 17.7. The number of amidine groups is 1. The van der Waals surface area contributed by atoms with Gasteiger partial charge in [0.25, 0.3) is 0 Å². The maximum Gasteiger partial charge on any atom is 0.427 e. The van der Waals surface area contributed by atoms with Gasteiger partial charge in [0.05, 0.1) is 16.4 Å². The Labute approximate surface area is 145 Å². The Morgan fingerprint density at radius 1 is 1.13 bits per heavy atom. The molecule has 23 heavy (non-hydrogen) atoms. The topological polar surface area (TPSA) is 65.6 Å². The molecule has 0 spiro atoms. The van der Waals surface area contributed by atoms with E-state index in [0.717, 1.165) is 9.80 Å². The molecule has 5 nitrogen and oxygen atoms in total. The van der Waals surface area contributed by atoms with Gasteiger partial charge in [0.15, 0.2) is 11.9 Å². The molecule has 0 saturated carbocycles. The number of hydrogen-bond donors (Lipinski definition) is 2. The summed E-state index contributed by atoms with van der Waals surface area (Å²) in [6.07, 6.45) is -6.48. The van der Waals surface area contributed by atoms with Gasteiger partial charge < -0.3 is 20.3 Å². The van der Waals surface area contributed by atoms with Crippen LogP contribution >= 0.6 is 34.8 Å². The van der Waals surface area contributed by atoms with Crippen LogP contribution in [0.25, 0.3) is 0 Å². The third-order valence-corrected chi connectivity index (χ3v) is 4.51. The van der Waals surface area contributed by atoms with Gasteiger partial charge in [-0.2, -0.15) is 13.2 Å². The summed E-state index contributed by atoms with van der Waals surface area (Å²) in [5.41, 5.74) is 5.29. The molecule has 1 heterocycles. The van der Waals surface area contributed by atoms with E-state index >= 15 is 0 Å². The first-order chi connectivity index (χ1) is 10.5. The fourth-order valence-electron chi connectivity index (χ4n) is 2.48. The molecule has 0 aliphatic carbocycles. The summed E-state index contributed by atoms with van der Waals surface area (Å²) < 4.78 is 45.0. The van der Waals surface area contributed by atoms with E-state index in [-0.39, 0.29) is 44.6 Å². The fraction of sp³-hybridized carbons (Fsp3) is 0.417. The van der Waals surface area contributed by atoms with Crippen LogP contribution in [-0.2, 0) is 0 Å². The molecule has 128 valence electrons. The summed E-state index contributed by atoms with van der Waals surface area (Å²) >= 11 is 18.4. The van der Waals surface area contributed by atoms with Gasteiger partial charge in [-0.25, -0.2) is 0 Å². The Kier molecular flexibility index (Phi) is 4.71. The molecule has 11 heteroatoms. The van der Waals surface area contributed by atoms with Crippen LogP contribution in [0.2, 0.25) is 15.1 Å². The van der Waals surface area contributed by atoms with Crippen LogP contribution in [0.4, 0.5) is 24.5 Å². The van der Waals surface area contributed by atoms with Crippen LogP contribution < -0.4 is 20.3 Å². The Hall–Kier alpha value is -1.25. The molecule has 0 saturated heterocycles. The molecular formula is C12H12Cl3F3N4O. The second kappa shape index (κ2) is 5.99. The van der Waals surface area contributed by atoms with Crippen molar-refractivity contribution >= 4 is 52.0 Å². The summed E-state index contributed by atoms with van der Waals surface area (Å²) in [6, 6.07) is 0. The van der Waals surface area contributed by atoms with Gasteiger partial charge in [-0.3, -0.25) is 5.41 Å². The van der Waals surface area contributed by atoms with E-state index in [2.05, 4.69) is 0 Å². The maximum absolute atomic E-state index is 13.3. The number of fused-ring (bicyclic) bond motifs is 1. The van der Waals surface area contributed by atoms with Crippen molar-refractivity contribution in [1.82, 2.24) is 0 Å². The van der Waals surface area contributed by atoms with E-state index in [0.29, 0.717) is 0 Å². The van der Waals surface area contributed by atoms with E-state index in [9.17, 15) is 13.2 Å². The number of nitrogens with two attached hydrogens (primary N) is 1. The molecule has 0 radical (unpaired) electrons. The average molecular weight is 392 g/mol. The lowest BCUT2D eigenvalue weighted by Crippen LogP contribution is -2.50. The number of alkyl halides is 3. The largest absolute Gasteiger partial charge is 0.482 e. The number of benzene rings is 1. The first kappa shape index (κ1) is 18.1. The van der Waals surface area contributed by atoms with Crippen LogP contribution in [-0.4, -0.2) is 38.9 Å². The minimum Gasteiger partial charge on any atom is -0.482 e. The van der Waals surface area contributed by atoms with Crippen molar-refractivity contribution in [2.45, 2.75) is 12.3 Å². The number of nitrogens with zero attached hydrogens (tertiary/aromatic N) is 2. The average Bonchev–Trinajstić information content (AvgIpc) is 2.67. The van der Waals surface area contributed by atoms with Crippen LogP contribution in [0.15, 0.2) is 0 Å². The number of anilines is 2. The number of ether oxygens (including phenoxy) is 1. The summed E-state index contributed by atoms with van der Waals surface area (Å²) in [4.78, 5) is 1.89. The lowest BCUT2D eigenvalue weighted by atomic mass is 10.2. The molecule has 1 aromatic carbocycles. The fourth-order valence-corrected chi connectivity index (χ4v) is 3.45. The van der Waals surface area contributed by atoms with Gasteiger partial charge in [0.2, 0.25) is 0 Å². The Balaban J connectivity index is 2.62. The molecule has 1 aliphatic heterocycles. The van der Waals surface area contributed by atoms with E-state index in [1.165, 1.54) is 14.1 Å². The van der Waals surface area contributed by atoms with Crippen molar-refractivity contribution in [3.8, 4) is 5.75 Å². The van der Waals surface area contributed by atoms with Crippen LogP contribution in [0.5, 0.6) is 5.75 Å². The maximum atomic E-state index is 13.3.